The predicted octanol–water partition coefficient (Wildman–Crippen LogP) is 25.1. The van der Waals surface area contributed by atoms with E-state index in [1.807, 2.05) is 60.7 Å². The zero-order valence-corrected chi connectivity index (χ0v) is 64.2. The molecule has 0 spiro atoms. The second-order valence-electron chi connectivity index (χ2n) is 31.5. The van der Waals surface area contributed by atoms with Crippen LogP contribution in [0.3, 0.4) is 0 Å². The van der Waals surface area contributed by atoms with E-state index in [-0.39, 0.29) is 0 Å². The molecule has 0 saturated carbocycles. The summed E-state index contributed by atoms with van der Waals surface area (Å²) in [6, 6.07) is 145. The fourth-order valence-corrected chi connectivity index (χ4v) is 18.6. The highest BCUT2D eigenvalue weighted by Gasteiger charge is 2.52. The molecule has 0 bridgehead atoms. The zero-order valence-electron chi connectivity index (χ0n) is 64.2. The second kappa shape index (κ2) is 27.5. The van der Waals surface area contributed by atoms with E-state index in [2.05, 4.69) is 377 Å². The van der Waals surface area contributed by atoms with Crippen molar-refractivity contribution in [1.82, 2.24) is 24.1 Å². The van der Waals surface area contributed by atoms with Gasteiger partial charge in [0, 0.05) is 49.6 Å². The van der Waals surface area contributed by atoms with Crippen LogP contribution in [0.2, 0.25) is 0 Å². The molecule has 0 unspecified atom stereocenters. The van der Waals surface area contributed by atoms with Gasteiger partial charge in [-0.2, -0.15) is 0 Å². The van der Waals surface area contributed by atoms with Gasteiger partial charge in [-0.05, 0) is 183 Å². The van der Waals surface area contributed by atoms with Crippen LogP contribution in [-0.4, -0.2) is 42.4 Å². The Morgan fingerprint density at radius 1 is 0.235 bits per heavy atom. The average molecular weight is 1480 g/mol. The van der Waals surface area contributed by atoms with Crippen molar-refractivity contribution in [3.63, 3.8) is 0 Å². The van der Waals surface area contributed by atoms with Gasteiger partial charge in [-0.1, -0.05) is 340 Å². The summed E-state index contributed by atoms with van der Waals surface area (Å²) in [6.45, 7) is 8.43. The molecule has 3 aliphatic rings. The van der Waals surface area contributed by atoms with E-state index in [0.29, 0.717) is 17.5 Å². The second-order valence-corrected chi connectivity index (χ2v) is 31.5. The number of hydrogen-bond donors (Lipinski definition) is 0. The van der Waals surface area contributed by atoms with Crippen LogP contribution < -0.4 is 5.46 Å². The molecule has 0 radical (unpaired) electrons. The SMILES string of the molecule is CC1(C)OB(c2cccc(-n3c4ccc(C5(c6ccccc6)c6ccccc6-c6ccccc65)cc4c4ccc(-c5ccccc5)cc43)c2)OC1(C)C.c1ccc(-c2ccc3c4cc(C5(c6ccccc6)c6ccccc6-c6ccccc65)ccc4n(-c4cccc(-c5nc(-c6ccccc6)nc(-c6ccccc6)n5)c4)c3c2)cc1. The number of hydrogen-bond acceptors (Lipinski definition) is 5. The van der Waals surface area contributed by atoms with Gasteiger partial charge in [-0.25, -0.2) is 15.0 Å². The molecule has 546 valence electrons. The van der Waals surface area contributed by atoms with E-state index >= 15 is 0 Å². The topological polar surface area (TPSA) is 67.0 Å². The number of fused-ring (bicyclic) bond motifs is 12. The van der Waals surface area contributed by atoms with E-state index in [1.54, 1.807) is 0 Å². The van der Waals surface area contributed by atoms with Crippen molar-refractivity contribution in [3.8, 4) is 90.0 Å². The molecule has 7 nitrogen and oxygen atoms in total. The smallest absolute Gasteiger partial charge is 0.399 e. The lowest BCUT2D eigenvalue weighted by molar-refractivity contribution is 0.00578. The van der Waals surface area contributed by atoms with Gasteiger partial charge in [0.05, 0.1) is 44.1 Å². The summed E-state index contributed by atoms with van der Waals surface area (Å²) in [5.41, 5.74) is 28.7. The van der Waals surface area contributed by atoms with Gasteiger partial charge in [0.25, 0.3) is 0 Å². The van der Waals surface area contributed by atoms with Crippen molar-refractivity contribution in [2.75, 3.05) is 0 Å². The number of nitrogens with zero attached hydrogens (tertiary/aromatic N) is 5. The van der Waals surface area contributed by atoms with E-state index < -0.39 is 29.2 Å². The first-order chi connectivity index (χ1) is 56.5. The maximum Gasteiger partial charge on any atom is 0.494 e. The number of benzene rings is 16. The van der Waals surface area contributed by atoms with E-state index in [0.717, 1.165) is 61.2 Å². The third-order valence-corrected chi connectivity index (χ3v) is 24.6. The monoisotopic (exact) mass is 1480 g/mol. The molecule has 115 heavy (non-hydrogen) atoms. The van der Waals surface area contributed by atoms with Gasteiger partial charge in [0.15, 0.2) is 17.5 Å². The van der Waals surface area contributed by atoms with Gasteiger partial charge in [0.2, 0.25) is 0 Å². The van der Waals surface area contributed by atoms with Gasteiger partial charge in [0.1, 0.15) is 0 Å². The fraction of sp³-hybridized carbons (Fsp3) is 0.0748. The van der Waals surface area contributed by atoms with Crippen molar-refractivity contribution >= 4 is 56.2 Å². The third kappa shape index (κ3) is 11.2. The molecule has 4 heterocycles. The van der Waals surface area contributed by atoms with E-state index in [1.165, 1.54) is 105 Å². The molecular formula is C107H78BN5O2. The van der Waals surface area contributed by atoms with Crippen LogP contribution in [0.5, 0.6) is 0 Å². The first-order valence-corrected chi connectivity index (χ1v) is 39.7. The van der Waals surface area contributed by atoms with Gasteiger partial charge in [-0.15, -0.1) is 0 Å². The first-order valence-electron chi connectivity index (χ1n) is 39.7. The minimum Gasteiger partial charge on any atom is -0.399 e. The molecule has 1 aliphatic heterocycles. The Kier molecular flexibility index (Phi) is 16.5. The molecule has 1 fully saturated rings. The summed E-state index contributed by atoms with van der Waals surface area (Å²) in [7, 11) is -0.451. The highest BCUT2D eigenvalue weighted by atomic mass is 16.7. The van der Waals surface area contributed by atoms with Crippen LogP contribution in [0.4, 0.5) is 0 Å². The molecule has 1 saturated heterocycles. The average Bonchev–Trinajstić information content (AvgIpc) is 1.54. The third-order valence-electron chi connectivity index (χ3n) is 24.6. The summed E-state index contributed by atoms with van der Waals surface area (Å²) in [6.07, 6.45) is 0. The highest BCUT2D eigenvalue weighted by Crippen LogP contribution is 2.59. The Hall–Kier alpha value is -13.9. The van der Waals surface area contributed by atoms with Gasteiger partial charge in [-0.3, -0.25) is 0 Å². The number of aromatic nitrogens is 5. The molecule has 0 amide bonds. The molecule has 2 aliphatic carbocycles. The van der Waals surface area contributed by atoms with Crippen LogP contribution in [0.25, 0.3) is 134 Å². The van der Waals surface area contributed by atoms with Crippen molar-refractivity contribution in [2.24, 2.45) is 0 Å². The Bertz CT molecular complexity index is 6810. The summed E-state index contributed by atoms with van der Waals surface area (Å²) in [5, 5.41) is 4.81. The van der Waals surface area contributed by atoms with Crippen LogP contribution in [0, 0.1) is 0 Å². The fourth-order valence-electron chi connectivity index (χ4n) is 18.6. The summed E-state index contributed by atoms with van der Waals surface area (Å²) in [5.74, 6) is 1.90. The lowest BCUT2D eigenvalue weighted by Crippen LogP contribution is -2.41. The van der Waals surface area contributed by atoms with Crippen LogP contribution in [0.1, 0.15) is 72.2 Å². The molecular weight excluding hydrogens is 1400 g/mol. The van der Waals surface area contributed by atoms with Crippen LogP contribution in [0.15, 0.2) is 400 Å². The Morgan fingerprint density at radius 2 is 0.565 bits per heavy atom. The predicted molar refractivity (Wildman–Crippen MR) is 472 cm³/mol. The molecule has 3 aromatic heterocycles. The molecule has 16 aromatic carbocycles. The Balaban J connectivity index is 0.000000146. The van der Waals surface area contributed by atoms with Crippen molar-refractivity contribution in [3.05, 3.63) is 445 Å². The zero-order chi connectivity index (χ0) is 77.0. The van der Waals surface area contributed by atoms with Crippen molar-refractivity contribution < 1.29 is 9.31 Å². The molecule has 8 heteroatoms. The largest absolute Gasteiger partial charge is 0.494 e. The lowest BCUT2D eigenvalue weighted by Gasteiger charge is -2.34. The molecule has 0 atom stereocenters. The van der Waals surface area contributed by atoms with Crippen LogP contribution in [-0.2, 0) is 20.1 Å². The molecule has 19 aromatic rings. The Morgan fingerprint density at radius 3 is 0.965 bits per heavy atom. The normalized spacial score (nSPS) is 14.5. The summed E-state index contributed by atoms with van der Waals surface area (Å²) in [4.78, 5) is 15.2. The van der Waals surface area contributed by atoms with Crippen molar-refractivity contribution in [2.45, 2.75) is 49.7 Å². The van der Waals surface area contributed by atoms with E-state index in [9.17, 15) is 0 Å². The Labute approximate surface area is 669 Å². The maximum atomic E-state index is 6.53. The minimum atomic E-state index is -0.507. The van der Waals surface area contributed by atoms with Gasteiger partial charge >= 0.3 is 7.12 Å². The van der Waals surface area contributed by atoms with Crippen molar-refractivity contribution in [1.29, 1.82) is 0 Å². The summed E-state index contributed by atoms with van der Waals surface area (Å²) < 4.78 is 17.9. The highest BCUT2D eigenvalue weighted by molar-refractivity contribution is 6.62. The summed E-state index contributed by atoms with van der Waals surface area (Å²) >= 11 is 0. The maximum absolute atomic E-state index is 6.53. The first kappa shape index (κ1) is 69.1. The van der Waals surface area contributed by atoms with Gasteiger partial charge < -0.3 is 18.4 Å². The molecule has 22 rings (SSSR count). The minimum absolute atomic E-state index is 0.423. The standard InChI is InChI=1S/C58H38N4.C49H40BNO2/c1-5-18-39(19-6-1)42-32-34-49-50-38-45(58(44-25-11-4-12-26-44)51-30-15-13-28-47(51)48-29-14-16-31-52(48)58)33-35-53(50)62(54(49)37-42)46-27-17-24-43(36-46)57-60-55(40-20-7-2-8-21-40)59-56(61-57)41-22-9-3-10-23-41;1-47(2)48(3,4)53-50(52-47)37-20-15-21-38(32-37)51-45-29-27-36(31-42(45)41-28-26-34(30-46(41)51)33-16-7-5-8-17-33)49(35-18-9-6-10-19-35)43-24-13-11-22-39(43)40-23-12-14-25-44(40)49/h1-38H;5-32H,1-4H3. The number of rotatable bonds is 12. The lowest BCUT2D eigenvalue weighted by atomic mass is 9.67. The van der Waals surface area contributed by atoms with E-state index in [4.69, 9.17) is 24.3 Å². The van der Waals surface area contributed by atoms with Crippen LogP contribution >= 0.6 is 0 Å². The quantitative estimate of drug-likeness (QED) is 0.114. The molecule has 0 N–H and O–H groups in total.